The van der Waals surface area contributed by atoms with Crippen LogP contribution in [0.25, 0.3) is 0 Å². The molecule has 62 valence electrons. The molecule has 1 aliphatic rings. The van der Waals surface area contributed by atoms with Gasteiger partial charge in [0.2, 0.25) is 0 Å². The first-order valence-corrected chi connectivity index (χ1v) is 4.28. The summed E-state index contributed by atoms with van der Waals surface area (Å²) in [5.74, 6) is 2.93. The van der Waals surface area contributed by atoms with Crippen molar-refractivity contribution >= 4 is 0 Å². The van der Waals surface area contributed by atoms with Crippen LogP contribution in [0, 0.1) is 12.0 Å². The minimum atomic E-state index is 0.181. The Labute approximate surface area is 68.2 Å². The molecule has 0 saturated carbocycles. The zero-order valence-electron chi connectivity index (χ0n) is 6.84. The molecular weight excluding hydrogens is 138 g/mol. The van der Waals surface area contributed by atoms with Crippen LogP contribution in [-0.2, 0) is 0 Å². The topological polar surface area (TPSA) is 23.5 Å². The van der Waals surface area contributed by atoms with Gasteiger partial charge in [-0.25, -0.2) is 0 Å². The van der Waals surface area contributed by atoms with Gasteiger partial charge in [0, 0.05) is 25.6 Å². The highest BCUT2D eigenvalue weighted by atomic mass is 16.2. The minimum Gasteiger partial charge on any atom is -0.395 e. The third-order valence-electron chi connectivity index (χ3n) is 1.83. The molecule has 0 unspecified atom stereocenters. The Hall–Kier alpha value is -0.680. The van der Waals surface area contributed by atoms with E-state index in [0.29, 0.717) is 6.42 Å². The molecule has 1 rings (SSSR count). The maximum absolute atomic E-state index is 8.47. The fourth-order valence-corrected chi connectivity index (χ4v) is 1.23. The lowest BCUT2D eigenvalue weighted by molar-refractivity contribution is 0.303. The predicted molar refractivity (Wildman–Crippen MR) is 44.9 cm³/mol. The highest BCUT2D eigenvalue weighted by Gasteiger charge is 2.04. The minimum absolute atomic E-state index is 0.181. The number of hydrogen-bond donors (Lipinski definition) is 1. The molecule has 0 aliphatic carbocycles. The molecule has 0 radical (unpaired) electrons. The molecule has 0 aromatic heterocycles. The number of rotatable bonds is 1. The van der Waals surface area contributed by atoms with Crippen molar-refractivity contribution in [2.75, 3.05) is 19.7 Å². The first kappa shape index (κ1) is 8.42. The van der Waals surface area contributed by atoms with Crippen LogP contribution in [0.3, 0.4) is 0 Å². The van der Waals surface area contributed by atoms with Crippen molar-refractivity contribution in [1.82, 2.24) is 4.90 Å². The lowest BCUT2D eigenvalue weighted by Gasteiger charge is -2.21. The Bertz CT molecular complexity index is 151. The molecule has 1 N–H and O–H groups in total. The summed E-state index contributed by atoms with van der Waals surface area (Å²) >= 11 is 0. The number of likely N-dealkylation sites (tertiary alicyclic amines) is 1. The van der Waals surface area contributed by atoms with Crippen molar-refractivity contribution in [1.29, 1.82) is 0 Å². The molecule has 2 nitrogen and oxygen atoms in total. The van der Waals surface area contributed by atoms with E-state index < -0.39 is 0 Å². The molecule has 0 bridgehead atoms. The lowest BCUT2D eigenvalue weighted by atomic mass is 10.1. The van der Waals surface area contributed by atoms with Crippen LogP contribution in [-0.4, -0.2) is 29.7 Å². The maximum Gasteiger partial charge on any atom is 0.0541 e. The van der Waals surface area contributed by atoms with E-state index in [0.717, 1.165) is 13.1 Å². The van der Waals surface area contributed by atoms with Gasteiger partial charge >= 0.3 is 0 Å². The van der Waals surface area contributed by atoms with E-state index in [1.54, 1.807) is 0 Å². The van der Waals surface area contributed by atoms with Gasteiger partial charge in [0.25, 0.3) is 0 Å². The fraction of sp³-hybridized carbons (Fsp3) is 0.778. The van der Waals surface area contributed by atoms with E-state index in [1.807, 2.05) is 0 Å². The Kier molecular flexibility index (Phi) is 3.85. The summed E-state index contributed by atoms with van der Waals surface area (Å²) in [5.41, 5.74) is 0. The second-order valence-electron chi connectivity index (χ2n) is 2.81. The standard InChI is InChI=1S/C9H15NO/c11-9-5-4-8-10-6-2-1-3-7-10/h11H,1-3,5-7,9H2. The second-order valence-corrected chi connectivity index (χ2v) is 2.81. The van der Waals surface area contributed by atoms with Gasteiger partial charge < -0.3 is 10.0 Å². The van der Waals surface area contributed by atoms with Crippen molar-refractivity contribution in [3.8, 4) is 12.0 Å². The molecule has 11 heavy (non-hydrogen) atoms. The smallest absolute Gasteiger partial charge is 0.0541 e. The number of nitrogens with zero attached hydrogens (tertiary/aromatic N) is 1. The van der Waals surface area contributed by atoms with Crippen LogP contribution in [0.15, 0.2) is 0 Å². The summed E-state index contributed by atoms with van der Waals surface area (Å²) in [6.07, 6.45) is 4.50. The summed E-state index contributed by atoms with van der Waals surface area (Å²) in [6, 6.07) is 3.05. The third kappa shape index (κ3) is 3.29. The molecule has 0 amide bonds. The quantitative estimate of drug-likeness (QED) is 0.564. The number of aliphatic hydroxyl groups excluding tert-OH is 1. The molecule has 1 heterocycles. The van der Waals surface area contributed by atoms with E-state index >= 15 is 0 Å². The molecule has 0 spiro atoms. The van der Waals surface area contributed by atoms with Gasteiger partial charge in [-0.1, -0.05) is 5.92 Å². The van der Waals surface area contributed by atoms with Gasteiger partial charge in [0.1, 0.15) is 0 Å². The van der Waals surface area contributed by atoms with E-state index in [2.05, 4.69) is 16.9 Å². The fourth-order valence-electron chi connectivity index (χ4n) is 1.23. The first-order chi connectivity index (χ1) is 5.43. The van der Waals surface area contributed by atoms with Gasteiger partial charge in [-0.05, 0) is 19.3 Å². The van der Waals surface area contributed by atoms with Crippen LogP contribution >= 0.6 is 0 Å². The molecule has 1 saturated heterocycles. The van der Waals surface area contributed by atoms with E-state index in [4.69, 9.17) is 5.11 Å². The summed E-state index contributed by atoms with van der Waals surface area (Å²) < 4.78 is 0. The summed E-state index contributed by atoms with van der Waals surface area (Å²) in [4.78, 5) is 2.15. The van der Waals surface area contributed by atoms with Crippen molar-refractivity contribution in [2.24, 2.45) is 0 Å². The van der Waals surface area contributed by atoms with E-state index in [-0.39, 0.29) is 6.61 Å². The monoisotopic (exact) mass is 153 g/mol. The van der Waals surface area contributed by atoms with Gasteiger partial charge in [-0.15, -0.1) is 0 Å². The van der Waals surface area contributed by atoms with Crippen molar-refractivity contribution in [3.63, 3.8) is 0 Å². The molecule has 0 aromatic rings. The Balaban J connectivity index is 2.19. The Morgan fingerprint density at radius 3 is 2.55 bits per heavy atom. The van der Waals surface area contributed by atoms with Gasteiger partial charge in [-0.2, -0.15) is 0 Å². The Morgan fingerprint density at radius 1 is 1.18 bits per heavy atom. The largest absolute Gasteiger partial charge is 0.395 e. The zero-order chi connectivity index (χ0) is 7.94. The van der Waals surface area contributed by atoms with E-state index in [9.17, 15) is 0 Å². The van der Waals surface area contributed by atoms with Crippen LogP contribution in [0.1, 0.15) is 25.7 Å². The Morgan fingerprint density at radius 2 is 1.91 bits per heavy atom. The average Bonchev–Trinajstić information content (AvgIpc) is 2.07. The third-order valence-corrected chi connectivity index (χ3v) is 1.83. The maximum atomic E-state index is 8.47. The highest BCUT2D eigenvalue weighted by Crippen LogP contribution is 2.06. The SMILES string of the molecule is OCCC#CN1CCCCC1. The normalized spacial score (nSPS) is 17.4. The van der Waals surface area contributed by atoms with Crippen molar-refractivity contribution in [2.45, 2.75) is 25.7 Å². The van der Waals surface area contributed by atoms with Gasteiger partial charge in [0.15, 0.2) is 0 Å². The average molecular weight is 153 g/mol. The summed E-state index contributed by atoms with van der Waals surface area (Å²) in [5, 5.41) is 8.47. The van der Waals surface area contributed by atoms with Gasteiger partial charge in [-0.3, -0.25) is 0 Å². The highest BCUT2D eigenvalue weighted by molar-refractivity contribution is 4.98. The van der Waals surface area contributed by atoms with Crippen molar-refractivity contribution in [3.05, 3.63) is 0 Å². The second kappa shape index (κ2) is 5.03. The van der Waals surface area contributed by atoms with Crippen LogP contribution in [0.4, 0.5) is 0 Å². The van der Waals surface area contributed by atoms with Crippen LogP contribution in [0.2, 0.25) is 0 Å². The van der Waals surface area contributed by atoms with Gasteiger partial charge in [0.05, 0.1) is 6.61 Å². The molecule has 2 heteroatoms. The number of hydrogen-bond acceptors (Lipinski definition) is 2. The summed E-state index contributed by atoms with van der Waals surface area (Å²) in [6.45, 7) is 2.40. The molecule has 0 aromatic carbocycles. The van der Waals surface area contributed by atoms with Crippen molar-refractivity contribution < 1.29 is 5.11 Å². The molecular formula is C9H15NO. The molecule has 0 atom stereocenters. The summed E-state index contributed by atoms with van der Waals surface area (Å²) in [7, 11) is 0. The molecule has 1 fully saturated rings. The van der Waals surface area contributed by atoms with Crippen LogP contribution in [0.5, 0.6) is 0 Å². The van der Waals surface area contributed by atoms with E-state index in [1.165, 1.54) is 19.3 Å². The zero-order valence-corrected chi connectivity index (χ0v) is 6.84. The number of piperidine rings is 1. The lowest BCUT2D eigenvalue weighted by Crippen LogP contribution is -2.24. The molecule has 1 aliphatic heterocycles. The first-order valence-electron chi connectivity index (χ1n) is 4.28. The number of aliphatic hydroxyl groups is 1. The van der Waals surface area contributed by atoms with Crippen LogP contribution < -0.4 is 0 Å². The predicted octanol–water partition coefficient (Wildman–Crippen LogP) is 0.816.